The van der Waals surface area contributed by atoms with Gasteiger partial charge in [0.15, 0.2) is 0 Å². The average Bonchev–Trinajstić information content (AvgIpc) is 3.36. The average molecular weight is 324 g/mol. The third kappa shape index (κ3) is 2.87. The van der Waals surface area contributed by atoms with Crippen LogP contribution in [-0.4, -0.2) is 25.3 Å². The molecule has 4 nitrogen and oxygen atoms in total. The lowest BCUT2D eigenvalue weighted by molar-refractivity contribution is -0.131. The molecule has 0 amide bonds. The molecule has 0 heterocycles. The Morgan fingerprint density at radius 2 is 1.62 bits per heavy atom. The van der Waals surface area contributed by atoms with E-state index >= 15 is 0 Å². The summed E-state index contributed by atoms with van der Waals surface area (Å²) in [5.74, 6) is 0.796. The summed E-state index contributed by atoms with van der Waals surface area (Å²) in [6.45, 7) is 0. The first-order chi connectivity index (χ1) is 11.6. The van der Waals surface area contributed by atoms with E-state index in [1.165, 1.54) is 6.08 Å². The molecule has 3 rings (SSSR count). The molecule has 0 saturated heterocycles. The van der Waals surface area contributed by atoms with Crippen molar-refractivity contribution in [1.29, 1.82) is 0 Å². The molecular weight excluding hydrogens is 304 g/mol. The zero-order chi connectivity index (χ0) is 17.2. The number of allylic oxidation sites excluding steroid dienone is 1. The van der Waals surface area contributed by atoms with Crippen molar-refractivity contribution in [3.63, 3.8) is 0 Å². The van der Waals surface area contributed by atoms with Crippen molar-refractivity contribution in [1.82, 2.24) is 0 Å². The molecule has 1 fully saturated rings. The van der Waals surface area contributed by atoms with Gasteiger partial charge in [0, 0.05) is 11.5 Å². The van der Waals surface area contributed by atoms with Gasteiger partial charge in [-0.1, -0.05) is 30.3 Å². The highest BCUT2D eigenvalue weighted by Crippen LogP contribution is 2.60. The molecule has 1 N–H and O–H groups in total. The van der Waals surface area contributed by atoms with Crippen molar-refractivity contribution in [2.45, 2.75) is 11.8 Å². The van der Waals surface area contributed by atoms with Gasteiger partial charge in [0.2, 0.25) is 0 Å². The first-order valence-electron chi connectivity index (χ1n) is 7.80. The Balaban J connectivity index is 2.07. The summed E-state index contributed by atoms with van der Waals surface area (Å²) in [6, 6.07) is 15.9. The highest BCUT2D eigenvalue weighted by Gasteiger charge is 2.55. The van der Waals surface area contributed by atoms with Crippen LogP contribution >= 0.6 is 0 Å². The number of rotatable bonds is 6. The summed E-state index contributed by atoms with van der Waals surface area (Å²) in [5, 5.41) is 8.94. The summed E-state index contributed by atoms with van der Waals surface area (Å²) in [7, 11) is 3.29. The zero-order valence-corrected chi connectivity index (χ0v) is 13.7. The Morgan fingerprint density at radius 1 is 1.08 bits per heavy atom. The predicted molar refractivity (Wildman–Crippen MR) is 91.7 cm³/mol. The molecule has 0 spiro atoms. The number of benzene rings is 2. The van der Waals surface area contributed by atoms with Crippen LogP contribution in [0.15, 0.2) is 60.7 Å². The van der Waals surface area contributed by atoms with Crippen LogP contribution in [0, 0.1) is 5.92 Å². The minimum absolute atomic E-state index is 0.132. The molecule has 0 aliphatic heterocycles. The van der Waals surface area contributed by atoms with Crippen LogP contribution in [0.2, 0.25) is 0 Å². The number of ether oxygens (including phenoxy) is 2. The normalized spacial score (nSPS) is 18.3. The molecule has 1 aliphatic rings. The summed E-state index contributed by atoms with van der Waals surface area (Å²) >= 11 is 0. The van der Waals surface area contributed by atoms with Gasteiger partial charge in [0.05, 0.1) is 14.2 Å². The molecule has 2 aromatic rings. The van der Waals surface area contributed by atoms with Gasteiger partial charge in [-0.25, -0.2) is 4.79 Å². The minimum atomic E-state index is -0.924. The lowest BCUT2D eigenvalue weighted by Crippen LogP contribution is -2.12. The molecular formula is C20H20O4. The van der Waals surface area contributed by atoms with Crippen LogP contribution in [0.1, 0.15) is 17.5 Å². The Morgan fingerprint density at radius 3 is 2.08 bits per heavy atom. The zero-order valence-electron chi connectivity index (χ0n) is 13.7. The maximum absolute atomic E-state index is 10.9. The van der Waals surface area contributed by atoms with Gasteiger partial charge in [-0.05, 0) is 47.7 Å². The van der Waals surface area contributed by atoms with Crippen LogP contribution in [-0.2, 0) is 10.2 Å². The van der Waals surface area contributed by atoms with Crippen LogP contribution in [0.5, 0.6) is 11.5 Å². The molecule has 2 aromatic carbocycles. The fourth-order valence-corrected chi connectivity index (χ4v) is 3.35. The molecule has 4 heteroatoms. The second-order valence-corrected chi connectivity index (χ2v) is 5.94. The van der Waals surface area contributed by atoms with Crippen LogP contribution in [0.4, 0.5) is 0 Å². The summed E-state index contributed by atoms with van der Waals surface area (Å²) in [5.41, 5.74) is 2.00. The van der Waals surface area contributed by atoms with E-state index in [4.69, 9.17) is 14.6 Å². The molecule has 1 aliphatic carbocycles. The van der Waals surface area contributed by atoms with E-state index in [9.17, 15) is 4.79 Å². The lowest BCUT2D eigenvalue weighted by atomic mass is 9.85. The van der Waals surface area contributed by atoms with Crippen molar-refractivity contribution in [2.24, 2.45) is 5.92 Å². The first kappa shape index (κ1) is 16.1. The molecule has 0 radical (unpaired) electrons. The fraction of sp³-hybridized carbons (Fsp3) is 0.250. The van der Waals surface area contributed by atoms with Crippen LogP contribution in [0.3, 0.4) is 0 Å². The molecule has 0 bridgehead atoms. The van der Waals surface area contributed by atoms with Crippen molar-refractivity contribution in [2.75, 3.05) is 14.2 Å². The van der Waals surface area contributed by atoms with Gasteiger partial charge in [-0.3, -0.25) is 0 Å². The van der Waals surface area contributed by atoms with E-state index in [2.05, 4.69) is 12.1 Å². The Hall–Kier alpha value is -2.75. The largest absolute Gasteiger partial charge is 0.497 e. The standard InChI is InChI=1S/C20H20O4/c1-23-17-7-3-5-14(11-17)20(13-16(20)9-10-19(21)22)15-6-4-8-18(12-15)24-2/h3-12,16H,13H2,1-2H3,(H,21,22)/t16-/m0/s1. The second kappa shape index (κ2) is 6.40. The fourth-order valence-electron chi connectivity index (χ4n) is 3.35. The van der Waals surface area contributed by atoms with Crippen molar-refractivity contribution in [3.05, 3.63) is 71.8 Å². The summed E-state index contributed by atoms with van der Waals surface area (Å²) < 4.78 is 10.7. The van der Waals surface area contributed by atoms with E-state index in [1.807, 2.05) is 36.4 Å². The number of hydrogen-bond acceptors (Lipinski definition) is 3. The van der Waals surface area contributed by atoms with E-state index < -0.39 is 5.97 Å². The minimum Gasteiger partial charge on any atom is -0.497 e. The Kier molecular flexibility index (Phi) is 4.30. The van der Waals surface area contributed by atoms with Crippen LogP contribution < -0.4 is 9.47 Å². The molecule has 124 valence electrons. The number of aliphatic carboxylic acids is 1. The molecule has 0 aromatic heterocycles. The van der Waals surface area contributed by atoms with Crippen molar-refractivity contribution >= 4 is 5.97 Å². The quantitative estimate of drug-likeness (QED) is 0.824. The maximum Gasteiger partial charge on any atom is 0.327 e. The topological polar surface area (TPSA) is 55.8 Å². The molecule has 1 saturated carbocycles. The summed E-state index contributed by atoms with van der Waals surface area (Å²) in [6.07, 6.45) is 3.87. The van der Waals surface area contributed by atoms with Crippen molar-refractivity contribution < 1.29 is 19.4 Å². The Labute approximate surface area is 141 Å². The third-order valence-electron chi connectivity index (χ3n) is 4.66. The number of methoxy groups -OCH3 is 2. The van der Waals surface area contributed by atoms with Crippen LogP contribution in [0.25, 0.3) is 0 Å². The van der Waals surface area contributed by atoms with E-state index in [-0.39, 0.29) is 11.3 Å². The Bertz CT molecular complexity index is 731. The van der Waals surface area contributed by atoms with E-state index in [0.29, 0.717) is 0 Å². The maximum atomic E-state index is 10.9. The number of hydrogen-bond donors (Lipinski definition) is 1. The monoisotopic (exact) mass is 324 g/mol. The SMILES string of the molecule is COc1cccc(C2(c3cccc(OC)c3)C[C@@H]2C=CC(=O)O)c1. The third-order valence-corrected chi connectivity index (χ3v) is 4.66. The predicted octanol–water partition coefficient (Wildman–Crippen LogP) is 3.65. The molecule has 0 unspecified atom stereocenters. The summed E-state index contributed by atoms with van der Waals surface area (Å²) in [4.78, 5) is 10.9. The van der Waals surface area contributed by atoms with Gasteiger partial charge in [-0.15, -0.1) is 0 Å². The van der Waals surface area contributed by atoms with Gasteiger partial charge < -0.3 is 14.6 Å². The highest BCUT2D eigenvalue weighted by molar-refractivity contribution is 5.80. The molecule has 1 atom stereocenters. The smallest absolute Gasteiger partial charge is 0.327 e. The second-order valence-electron chi connectivity index (χ2n) is 5.94. The van der Waals surface area contributed by atoms with Gasteiger partial charge in [0.25, 0.3) is 0 Å². The number of carboxylic acid groups (broad SMARTS) is 1. The van der Waals surface area contributed by atoms with Gasteiger partial charge in [-0.2, -0.15) is 0 Å². The molecule has 24 heavy (non-hydrogen) atoms. The van der Waals surface area contributed by atoms with E-state index in [1.54, 1.807) is 20.3 Å². The highest BCUT2D eigenvalue weighted by atomic mass is 16.5. The number of carboxylic acids is 1. The van der Waals surface area contributed by atoms with Gasteiger partial charge in [0.1, 0.15) is 11.5 Å². The first-order valence-corrected chi connectivity index (χ1v) is 7.80. The van der Waals surface area contributed by atoms with Crippen molar-refractivity contribution in [3.8, 4) is 11.5 Å². The lowest BCUT2D eigenvalue weighted by Gasteiger charge is -2.19. The van der Waals surface area contributed by atoms with Gasteiger partial charge >= 0.3 is 5.97 Å². The van der Waals surface area contributed by atoms with E-state index in [0.717, 1.165) is 29.0 Å². The number of carbonyl (C=O) groups is 1.